The summed E-state index contributed by atoms with van der Waals surface area (Å²) in [5.41, 5.74) is 0. The molecule has 2 atom stereocenters. The Morgan fingerprint density at radius 3 is 1.42 bits per heavy atom. The van der Waals surface area contributed by atoms with Crippen LogP contribution in [-0.2, 0) is 4.79 Å². The van der Waals surface area contributed by atoms with Crippen LogP contribution in [0.3, 0.4) is 0 Å². The van der Waals surface area contributed by atoms with Crippen molar-refractivity contribution in [3.63, 3.8) is 0 Å². The summed E-state index contributed by atoms with van der Waals surface area (Å²) in [5.74, 6) is 0.803. The average Bonchev–Trinajstić information content (AvgIpc) is 2.99. The highest BCUT2D eigenvalue weighted by Gasteiger charge is 2.17. The molecule has 2 unspecified atom stereocenters. The molecule has 3 N–H and O–H groups in total. The van der Waals surface area contributed by atoms with E-state index in [1.165, 1.54) is 154 Å². The van der Waals surface area contributed by atoms with Gasteiger partial charge >= 0.3 is 0 Å². The Bertz CT molecular complexity index is 591. The number of aliphatic hydroxyl groups is 2. The van der Waals surface area contributed by atoms with Crippen LogP contribution in [0.2, 0.25) is 0 Å². The first kappa shape index (κ1) is 42.1. The van der Waals surface area contributed by atoms with Crippen molar-refractivity contribution < 1.29 is 15.0 Å². The second kappa shape index (κ2) is 34.0. The Labute approximate surface area is 269 Å². The van der Waals surface area contributed by atoms with Crippen LogP contribution in [0.4, 0.5) is 0 Å². The van der Waals surface area contributed by atoms with Gasteiger partial charge in [-0.2, -0.15) is 0 Å². The molecule has 0 heterocycles. The quantitative estimate of drug-likeness (QED) is 0.0503. The van der Waals surface area contributed by atoms with E-state index in [-0.39, 0.29) is 12.5 Å². The van der Waals surface area contributed by atoms with Crippen LogP contribution in [0.15, 0.2) is 12.2 Å². The molecule has 256 valence electrons. The number of carbonyl (C=O) groups excluding carboxylic acids is 1. The highest BCUT2D eigenvalue weighted by Crippen LogP contribution is 2.16. The fraction of sp³-hybridized carbons (Fsp3) is 0.923. The zero-order valence-corrected chi connectivity index (χ0v) is 29.4. The normalized spacial score (nSPS) is 13.3. The van der Waals surface area contributed by atoms with Gasteiger partial charge in [-0.05, 0) is 25.2 Å². The fourth-order valence-electron chi connectivity index (χ4n) is 5.95. The van der Waals surface area contributed by atoms with Crippen molar-refractivity contribution in [2.75, 3.05) is 6.61 Å². The lowest BCUT2D eigenvalue weighted by Crippen LogP contribution is -2.45. The number of allylic oxidation sites excluding steroid dienone is 1. The zero-order chi connectivity index (χ0) is 31.6. The maximum absolute atomic E-state index is 12.3. The minimum absolute atomic E-state index is 0.0629. The molecule has 0 bridgehead atoms. The van der Waals surface area contributed by atoms with Crippen molar-refractivity contribution in [1.29, 1.82) is 0 Å². The number of nitrogens with one attached hydrogen (secondary N) is 1. The van der Waals surface area contributed by atoms with Gasteiger partial charge < -0.3 is 15.5 Å². The van der Waals surface area contributed by atoms with Crippen molar-refractivity contribution >= 4 is 5.91 Å². The maximum Gasteiger partial charge on any atom is 0.220 e. The third-order valence-electron chi connectivity index (χ3n) is 8.95. The van der Waals surface area contributed by atoms with E-state index in [0.29, 0.717) is 6.42 Å². The predicted octanol–water partition coefficient (Wildman–Crippen LogP) is 11.4. The molecule has 0 fully saturated rings. The number of rotatable bonds is 34. The average molecular weight is 608 g/mol. The van der Waals surface area contributed by atoms with Gasteiger partial charge in [0.05, 0.1) is 18.8 Å². The summed E-state index contributed by atoms with van der Waals surface area (Å²) in [5, 5.41) is 22.9. The molecule has 4 heteroatoms. The molecule has 1 amide bonds. The predicted molar refractivity (Wildman–Crippen MR) is 189 cm³/mol. The fourth-order valence-corrected chi connectivity index (χ4v) is 5.95. The van der Waals surface area contributed by atoms with E-state index < -0.39 is 12.1 Å². The van der Waals surface area contributed by atoms with Crippen molar-refractivity contribution in [3.05, 3.63) is 12.2 Å². The molecule has 0 aliphatic heterocycles. The standard InChI is InChI=1S/C39H77NO3/c1-4-5-6-7-8-9-17-21-24-27-30-33-38(42)37(35-41)40-39(43)34-31-28-25-22-19-16-14-12-10-11-13-15-18-20-23-26-29-32-36(2)3/h30,33,36-38,41-42H,4-29,31-32,34-35H2,1-3H3,(H,40,43)/b33-30+. The summed E-state index contributed by atoms with van der Waals surface area (Å²) in [7, 11) is 0. The minimum atomic E-state index is -0.832. The highest BCUT2D eigenvalue weighted by atomic mass is 16.3. The Kier molecular flexibility index (Phi) is 33.3. The number of amides is 1. The third kappa shape index (κ3) is 32.3. The molecule has 0 aromatic rings. The summed E-state index contributed by atoms with van der Waals surface area (Å²) in [6.45, 7) is 6.67. The molecule has 4 nitrogen and oxygen atoms in total. The minimum Gasteiger partial charge on any atom is -0.394 e. The second-order valence-electron chi connectivity index (χ2n) is 13.8. The number of unbranched alkanes of at least 4 members (excludes halogenated alkanes) is 25. The number of hydrogen-bond donors (Lipinski definition) is 3. The van der Waals surface area contributed by atoms with Crippen molar-refractivity contribution in [2.45, 2.75) is 219 Å². The molecule has 0 aliphatic carbocycles. The van der Waals surface area contributed by atoms with Gasteiger partial charge in [0.1, 0.15) is 0 Å². The lowest BCUT2D eigenvalue weighted by Gasteiger charge is -2.20. The molecule has 0 radical (unpaired) electrons. The first-order valence-electron chi connectivity index (χ1n) is 19.3. The summed E-state index contributed by atoms with van der Waals surface area (Å²) in [6, 6.07) is -0.615. The maximum atomic E-state index is 12.3. The molecular formula is C39H77NO3. The van der Waals surface area contributed by atoms with Crippen molar-refractivity contribution in [2.24, 2.45) is 5.92 Å². The zero-order valence-electron chi connectivity index (χ0n) is 29.4. The van der Waals surface area contributed by atoms with Gasteiger partial charge in [-0.15, -0.1) is 0 Å². The molecule has 0 aromatic heterocycles. The van der Waals surface area contributed by atoms with E-state index in [4.69, 9.17) is 0 Å². The van der Waals surface area contributed by atoms with Crippen LogP contribution in [0.1, 0.15) is 207 Å². The lowest BCUT2D eigenvalue weighted by atomic mass is 10.0. The smallest absolute Gasteiger partial charge is 0.220 e. The topological polar surface area (TPSA) is 69.6 Å². The molecule has 0 aliphatic rings. The van der Waals surface area contributed by atoms with E-state index in [1.807, 2.05) is 6.08 Å². The summed E-state index contributed by atoms with van der Waals surface area (Å²) in [6.07, 6.45) is 40.1. The van der Waals surface area contributed by atoms with Crippen LogP contribution < -0.4 is 5.32 Å². The molecule has 0 saturated heterocycles. The van der Waals surface area contributed by atoms with E-state index >= 15 is 0 Å². The van der Waals surface area contributed by atoms with Crippen LogP contribution in [0.25, 0.3) is 0 Å². The largest absolute Gasteiger partial charge is 0.394 e. The molecule has 0 rings (SSSR count). The second-order valence-corrected chi connectivity index (χ2v) is 13.8. The van der Waals surface area contributed by atoms with Crippen LogP contribution in [-0.4, -0.2) is 34.9 Å². The van der Waals surface area contributed by atoms with Gasteiger partial charge in [0, 0.05) is 6.42 Å². The van der Waals surface area contributed by atoms with E-state index in [2.05, 4.69) is 26.1 Å². The highest BCUT2D eigenvalue weighted by molar-refractivity contribution is 5.76. The van der Waals surface area contributed by atoms with E-state index in [1.54, 1.807) is 6.08 Å². The van der Waals surface area contributed by atoms with Gasteiger partial charge in [0.15, 0.2) is 0 Å². The van der Waals surface area contributed by atoms with Crippen LogP contribution in [0.5, 0.6) is 0 Å². The van der Waals surface area contributed by atoms with Crippen LogP contribution in [0, 0.1) is 5.92 Å². The number of carbonyl (C=O) groups is 1. The summed E-state index contributed by atoms with van der Waals surface area (Å²) in [4.78, 5) is 12.3. The van der Waals surface area contributed by atoms with E-state index in [9.17, 15) is 15.0 Å². The number of aliphatic hydroxyl groups excluding tert-OH is 2. The third-order valence-corrected chi connectivity index (χ3v) is 8.95. The van der Waals surface area contributed by atoms with Gasteiger partial charge in [-0.25, -0.2) is 0 Å². The Morgan fingerprint density at radius 2 is 1.00 bits per heavy atom. The number of hydrogen-bond acceptors (Lipinski definition) is 3. The molecule has 0 saturated carbocycles. The molecule has 0 spiro atoms. The van der Waals surface area contributed by atoms with Crippen molar-refractivity contribution in [3.8, 4) is 0 Å². The Balaban J connectivity index is 3.53. The Morgan fingerprint density at radius 1 is 0.605 bits per heavy atom. The van der Waals surface area contributed by atoms with Crippen molar-refractivity contribution in [1.82, 2.24) is 5.32 Å². The van der Waals surface area contributed by atoms with Gasteiger partial charge in [-0.1, -0.05) is 193 Å². The Hall–Kier alpha value is -0.870. The summed E-state index contributed by atoms with van der Waals surface area (Å²) >= 11 is 0. The first-order chi connectivity index (χ1) is 21.0. The SMILES string of the molecule is CCCCCCCCCCC/C=C/C(O)C(CO)NC(=O)CCCCCCCCCCCCCCCCCCCC(C)C. The molecule has 43 heavy (non-hydrogen) atoms. The van der Waals surface area contributed by atoms with E-state index in [0.717, 1.165) is 31.6 Å². The molecular weight excluding hydrogens is 530 g/mol. The first-order valence-corrected chi connectivity index (χ1v) is 19.3. The van der Waals surface area contributed by atoms with Gasteiger partial charge in [0.2, 0.25) is 5.91 Å². The monoisotopic (exact) mass is 608 g/mol. The molecule has 0 aromatic carbocycles. The van der Waals surface area contributed by atoms with Gasteiger partial charge in [0.25, 0.3) is 0 Å². The summed E-state index contributed by atoms with van der Waals surface area (Å²) < 4.78 is 0. The van der Waals surface area contributed by atoms with Crippen LogP contribution >= 0.6 is 0 Å². The lowest BCUT2D eigenvalue weighted by molar-refractivity contribution is -0.123. The van der Waals surface area contributed by atoms with Gasteiger partial charge in [-0.3, -0.25) is 4.79 Å².